The summed E-state index contributed by atoms with van der Waals surface area (Å²) in [5.74, 6) is 0.994. The van der Waals surface area contributed by atoms with E-state index in [2.05, 4.69) is 6.92 Å². The van der Waals surface area contributed by atoms with Crippen LogP contribution in [0.5, 0.6) is 5.75 Å². The largest absolute Gasteiger partial charge is 0.493 e. The molecule has 0 fully saturated rings. The molecule has 0 atom stereocenters. The van der Waals surface area contributed by atoms with Gasteiger partial charge in [-0.15, -0.1) is 0 Å². The molecule has 0 heterocycles. The lowest BCUT2D eigenvalue weighted by Crippen LogP contribution is -2.01. The van der Waals surface area contributed by atoms with Crippen molar-refractivity contribution >= 4 is 0 Å². The van der Waals surface area contributed by atoms with E-state index in [1.807, 2.05) is 26.0 Å². The van der Waals surface area contributed by atoms with Crippen molar-refractivity contribution in [2.24, 2.45) is 0 Å². The van der Waals surface area contributed by atoms with E-state index in [1.54, 1.807) is 0 Å². The second-order valence-electron chi connectivity index (χ2n) is 5.69. The first-order valence-corrected chi connectivity index (χ1v) is 8.02. The van der Waals surface area contributed by atoms with Gasteiger partial charge in [0.2, 0.25) is 0 Å². The third kappa shape index (κ3) is 5.96. The minimum Gasteiger partial charge on any atom is -0.493 e. The molecule has 1 aromatic rings. The lowest BCUT2D eigenvalue weighted by atomic mass is 10.1. The van der Waals surface area contributed by atoms with Gasteiger partial charge in [0.25, 0.3) is 0 Å². The Morgan fingerprint density at radius 1 is 0.900 bits per heavy atom. The van der Waals surface area contributed by atoms with Gasteiger partial charge in [0, 0.05) is 0 Å². The van der Waals surface area contributed by atoms with E-state index in [4.69, 9.17) is 4.74 Å². The van der Waals surface area contributed by atoms with Gasteiger partial charge in [-0.3, -0.25) is 0 Å². The Bertz CT molecular complexity index is 362. The summed E-state index contributed by atoms with van der Waals surface area (Å²) in [5.41, 5.74) is 3.21. The summed E-state index contributed by atoms with van der Waals surface area (Å²) in [4.78, 5) is 0. The zero-order chi connectivity index (χ0) is 14.8. The van der Waals surface area contributed by atoms with Gasteiger partial charge in [0.1, 0.15) is 5.75 Å². The maximum atomic E-state index is 9.17. The normalized spacial score (nSPS) is 10.8. The highest BCUT2D eigenvalue weighted by Crippen LogP contribution is 2.25. The Hall–Kier alpha value is -1.02. The molecule has 1 rings (SSSR count). The molecule has 0 bridgehead atoms. The van der Waals surface area contributed by atoms with Crippen molar-refractivity contribution < 1.29 is 9.84 Å². The third-order valence-electron chi connectivity index (χ3n) is 3.70. The second-order valence-corrected chi connectivity index (χ2v) is 5.69. The van der Waals surface area contributed by atoms with E-state index in [1.165, 1.54) is 38.5 Å². The third-order valence-corrected chi connectivity index (χ3v) is 3.70. The number of hydrogen-bond donors (Lipinski definition) is 1. The molecule has 2 heteroatoms. The molecule has 0 aromatic heterocycles. The molecule has 0 aliphatic heterocycles. The van der Waals surface area contributed by atoms with Crippen LogP contribution in [0.15, 0.2) is 12.1 Å². The molecule has 1 N–H and O–H groups in total. The van der Waals surface area contributed by atoms with Crippen molar-refractivity contribution in [1.82, 2.24) is 0 Å². The average molecular weight is 278 g/mol. The van der Waals surface area contributed by atoms with Crippen LogP contribution >= 0.6 is 0 Å². The van der Waals surface area contributed by atoms with E-state index in [9.17, 15) is 5.11 Å². The number of ether oxygens (including phenoxy) is 1. The topological polar surface area (TPSA) is 29.5 Å². The van der Waals surface area contributed by atoms with Gasteiger partial charge in [-0.1, -0.05) is 57.6 Å². The van der Waals surface area contributed by atoms with E-state index in [0.29, 0.717) is 0 Å². The number of aryl methyl sites for hydroxylation is 2. The number of unbranched alkanes of at least 4 members (excludes halogenated alkanes) is 6. The van der Waals surface area contributed by atoms with Crippen molar-refractivity contribution in [1.29, 1.82) is 0 Å². The van der Waals surface area contributed by atoms with Crippen LogP contribution in [0.1, 0.15) is 68.6 Å². The monoisotopic (exact) mass is 278 g/mol. The fourth-order valence-corrected chi connectivity index (χ4v) is 2.59. The van der Waals surface area contributed by atoms with Crippen LogP contribution in [-0.4, -0.2) is 11.7 Å². The molecule has 20 heavy (non-hydrogen) atoms. The predicted molar refractivity (Wildman–Crippen MR) is 85.3 cm³/mol. The van der Waals surface area contributed by atoms with E-state index < -0.39 is 0 Å². The van der Waals surface area contributed by atoms with Crippen molar-refractivity contribution in [2.75, 3.05) is 6.61 Å². The van der Waals surface area contributed by atoms with Gasteiger partial charge in [0.05, 0.1) is 13.2 Å². The van der Waals surface area contributed by atoms with Gasteiger partial charge in [-0.25, -0.2) is 0 Å². The molecule has 0 aliphatic rings. The number of benzene rings is 1. The highest BCUT2D eigenvalue weighted by Gasteiger charge is 2.06. The molecule has 0 spiro atoms. The lowest BCUT2D eigenvalue weighted by Gasteiger charge is -2.13. The minimum atomic E-state index is 0.0969. The Morgan fingerprint density at radius 2 is 1.45 bits per heavy atom. The predicted octanol–water partition coefficient (Wildman–Crippen LogP) is 4.93. The lowest BCUT2D eigenvalue weighted by molar-refractivity contribution is 0.280. The molecular formula is C18H30O2. The SMILES string of the molecule is CCCCCCCCCOc1c(C)cc(CO)cc1C. The molecular weight excluding hydrogens is 248 g/mol. The molecule has 0 aliphatic carbocycles. The number of aliphatic hydroxyl groups is 1. The van der Waals surface area contributed by atoms with Gasteiger partial charge in [-0.05, 0) is 37.0 Å². The highest BCUT2D eigenvalue weighted by molar-refractivity contribution is 5.43. The first-order chi connectivity index (χ1) is 9.69. The summed E-state index contributed by atoms with van der Waals surface area (Å²) in [7, 11) is 0. The summed E-state index contributed by atoms with van der Waals surface area (Å²) in [6, 6.07) is 4.01. The first-order valence-electron chi connectivity index (χ1n) is 8.02. The summed E-state index contributed by atoms with van der Waals surface area (Å²) in [5, 5.41) is 9.17. The van der Waals surface area contributed by atoms with Crippen LogP contribution in [0.3, 0.4) is 0 Å². The van der Waals surface area contributed by atoms with Gasteiger partial charge < -0.3 is 9.84 Å². The smallest absolute Gasteiger partial charge is 0.125 e. The standard InChI is InChI=1S/C18H30O2/c1-4-5-6-7-8-9-10-11-20-18-15(2)12-17(14-19)13-16(18)3/h12-13,19H,4-11,14H2,1-3H3. The van der Waals surface area contributed by atoms with Crippen molar-refractivity contribution in [3.8, 4) is 5.75 Å². The molecule has 0 radical (unpaired) electrons. The highest BCUT2D eigenvalue weighted by atomic mass is 16.5. The van der Waals surface area contributed by atoms with Gasteiger partial charge >= 0.3 is 0 Å². The number of rotatable bonds is 10. The van der Waals surface area contributed by atoms with Crippen LogP contribution in [0.4, 0.5) is 0 Å². The summed E-state index contributed by atoms with van der Waals surface area (Å²) in [6.07, 6.45) is 9.13. The van der Waals surface area contributed by atoms with Crippen molar-refractivity contribution in [3.63, 3.8) is 0 Å². The number of hydrogen-bond acceptors (Lipinski definition) is 2. The Balaban J connectivity index is 2.25. The molecule has 114 valence electrons. The summed E-state index contributed by atoms with van der Waals surface area (Å²) >= 11 is 0. The fraction of sp³-hybridized carbons (Fsp3) is 0.667. The van der Waals surface area contributed by atoms with E-state index in [0.717, 1.165) is 35.5 Å². The quantitative estimate of drug-likeness (QED) is 0.615. The van der Waals surface area contributed by atoms with Crippen LogP contribution in [0.25, 0.3) is 0 Å². The van der Waals surface area contributed by atoms with E-state index in [-0.39, 0.29) is 6.61 Å². The zero-order valence-corrected chi connectivity index (χ0v) is 13.4. The van der Waals surface area contributed by atoms with Crippen molar-refractivity contribution in [2.45, 2.75) is 72.3 Å². The minimum absolute atomic E-state index is 0.0969. The summed E-state index contributed by atoms with van der Waals surface area (Å²) < 4.78 is 5.91. The fourth-order valence-electron chi connectivity index (χ4n) is 2.59. The zero-order valence-electron chi connectivity index (χ0n) is 13.4. The Morgan fingerprint density at radius 3 is 2.00 bits per heavy atom. The Kier molecular flexibility index (Phi) is 8.36. The average Bonchev–Trinajstić information content (AvgIpc) is 2.43. The van der Waals surface area contributed by atoms with Crippen LogP contribution in [-0.2, 0) is 6.61 Å². The van der Waals surface area contributed by atoms with Crippen LogP contribution in [0, 0.1) is 13.8 Å². The first kappa shape index (κ1) is 17.0. The molecule has 0 amide bonds. The molecule has 2 nitrogen and oxygen atoms in total. The number of aliphatic hydroxyl groups excluding tert-OH is 1. The molecule has 0 unspecified atom stereocenters. The van der Waals surface area contributed by atoms with Crippen LogP contribution < -0.4 is 4.74 Å². The molecule has 0 saturated carbocycles. The maximum absolute atomic E-state index is 9.17. The van der Waals surface area contributed by atoms with Gasteiger partial charge in [-0.2, -0.15) is 0 Å². The van der Waals surface area contributed by atoms with E-state index >= 15 is 0 Å². The van der Waals surface area contributed by atoms with Crippen LogP contribution in [0.2, 0.25) is 0 Å². The maximum Gasteiger partial charge on any atom is 0.125 e. The summed E-state index contributed by atoms with van der Waals surface area (Å²) in [6.45, 7) is 7.24. The molecule has 0 saturated heterocycles. The Labute approximate surface area is 124 Å². The van der Waals surface area contributed by atoms with Gasteiger partial charge in [0.15, 0.2) is 0 Å². The van der Waals surface area contributed by atoms with Crippen molar-refractivity contribution in [3.05, 3.63) is 28.8 Å². The second kappa shape index (κ2) is 9.82. The molecule has 1 aromatic carbocycles.